The predicted molar refractivity (Wildman–Crippen MR) is 146 cm³/mol. The summed E-state index contributed by atoms with van der Waals surface area (Å²) in [6, 6.07) is 16.3. The molecular formula is C28H24FN7OS. The molecule has 1 N–H and O–H groups in total. The van der Waals surface area contributed by atoms with Gasteiger partial charge in [-0.15, -0.1) is 0 Å². The van der Waals surface area contributed by atoms with Gasteiger partial charge in [0.1, 0.15) is 39.7 Å². The van der Waals surface area contributed by atoms with E-state index in [1.54, 1.807) is 12.1 Å². The molecular weight excluding hydrogens is 501 g/mol. The standard InChI is InChI=1S/C28H24FN7OS/c1-3-22-27(34(2)28-33-26(23(12-30)38-28)17-4-8-20(29)9-5-17)36-14-19(7-11-25(36)32-22)18-6-10-24(31-13-18)35-15-21(37)16-35/h4-11,13-14,21,37H,3,15-16H2,1-2H3. The van der Waals surface area contributed by atoms with Crippen LogP contribution < -0.4 is 9.80 Å². The number of halogens is 1. The van der Waals surface area contributed by atoms with E-state index < -0.39 is 0 Å². The number of hydrogen-bond acceptors (Lipinski definition) is 8. The van der Waals surface area contributed by atoms with E-state index in [1.807, 2.05) is 57.9 Å². The Morgan fingerprint density at radius 2 is 1.82 bits per heavy atom. The number of anilines is 3. The van der Waals surface area contributed by atoms with E-state index in [1.165, 1.54) is 23.5 Å². The zero-order chi connectivity index (χ0) is 26.4. The molecule has 0 bridgehead atoms. The summed E-state index contributed by atoms with van der Waals surface area (Å²) in [7, 11) is 1.92. The number of aryl methyl sites for hydroxylation is 1. The number of aliphatic hydroxyl groups is 1. The average Bonchev–Trinajstić information content (AvgIpc) is 3.53. The first-order chi connectivity index (χ1) is 18.4. The van der Waals surface area contributed by atoms with Gasteiger partial charge >= 0.3 is 0 Å². The molecule has 5 aromatic rings. The molecule has 0 amide bonds. The second-order valence-electron chi connectivity index (χ2n) is 9.20. The minimum Gasteiger partial charge on any atom is -0.389 e. The fourth-order valence-corrected chi connectivity index (χ4v) is 5.50. The van der Waals surface area contributed by atoms with Crippen LogP contribution in [0.3, 0.4) is 0 Å². The molecule has 1 saturated heterocycles. The second kappa shape index (κ2) is 9.52. The highest BCUT2D eigenvalue weighted by atomic mass is 32.1. The zero-order valence-electron chi connectivity index (χ0n) is 20.8. The van der Waals surface area contributed by atoms with Crippen LogP contribution in [-0.4, -0.2) is 50.7 Å². The molecule has 1 fully saturated rings. The normalized spacial score (nSPS) is 13.5. The third kappa shape index (κ3) is 4.16. The number of rotatable bonds is 6. The molecule has 4 aromatic heterocycles. The number of nitrogens with zero attached hydrogens (tertiary/aromatic N) is 7. The van der Waals surface area contributed by atoms with E-state index >= 15 is 0 Å². The highest BCUT2D eigenvalue weighted by molar-refractivity contribution is 7.16. The number of fused-ring (bicyclic) bond motifs is 1. The van der Waals surface area contributed by atoms with Crippen LogP contribution in [0, 0.1) is 17.1 Å². The Labute approximate surface area is 222 Å². The summed E-state index contributed by atoms with van der Waals surface area (Å²) < 4.78 is 15.5. The van der Waals surface area contributed by atoms with Crippen molar-refractivity contribution in [3.05, 3.63) is 77.3 Å². The summed E-state index contributed by atoms with van der Waals surface area (Å²) in [6.07, 6.45) is 4.32. The lowest BCUT2D eigenvalue weighted by atomic mass is 10.1. The van der Waals surface area contributed by atoms with Crippen LogP contribution in [0.1, 0.15) is 17.5 Å². The van der Waals surface area contributed by atoms with E-state index in [-0.39, 0.29) is 11.9 Å². The van der Waals surface area contributed by atoms with Gasteiger partial charge in [-0.2, -0.15) is 5.26 Å². The SMILES string of the molecule is CCc1nc2ccc(-c3ccc(N4CC(O)C4)nc3)cn2c1N(C)c1nc(-c2ccc(F)cc2)c(C#N)s1. The first kappa shape index (κ1) is 24.0. The molecule has 6 rings (SSSR count). The minimum absolute atomic E-state index is 0.280. The van der Waals surface area contributed by atoms with Gasteiger partial charge in [-0.1, -0.05) is 18.3 Å². The molecule has 0 atom stereocenters. The summed E-state index contributed by atoms with van der Waals surface area (Å²) in [5.41, 5.74) is 4.90. The van der Waals surface area contributed by atoms with Gasteiger partial charge in [0, 0.05) is 49.2 Å². The van der Waals surface area contributed by atoms with Crippen molar-refractivity contribution in [2.45, 2.75) is 19.4 Å². The van der Waals surface area contributed by atoms with Gasteiger partial charge in [-0.05, 0) is 55.0 Å². The summed E-state index contributed by atoms with van der Waals surface area (Å²) in [4.78, 5) is 18.7. The number of imidazole rings is 1. The fraction of sp³-hybridized carbons (Fsp3) is 0.214. The summed E-state index contributed by atoms with van der Waals surface area (Å²) in [5.74, 6) is 1.39. The number of aromatic nitrogens is 4. The Kier molecular flexibility index (Phi) is 6.02. The van der Waals surface area contributed by atoms with E-state index in [2.05, 4.69) is 18.0 Å². The Bertz CT molecular complexity index is 1660. The largest absolute Gasteiger partial charge is 0.389 e. The number of pyridine rings is 2. The monoisotopic (exact) mass is 525 g/mol. The second-order valence-corrected chi connectivity index (χ2v) is 10.2. The molecule has 1 aliphatic rings. The zero-order valence-corrected chi connectivity index (χ0v) is 21.7. The molecule has 0 unspecified atom stereocenters. The number of nitriles is 1. The van der Waals surface area contributed by atoms with E-state index in [9.17, 15) is 14.8 Å². The van der Waals surface area contributed by atoms with Gasteiger partial charge in [0.25, 0.3) is 0 Å². The van der Waals surface area contributed by atoms with Gasteiger partial charge in [0.2, 0.25) is 0 Å². The lowest BCUT2D eigenvalue weighted by molar-refractivity contribution is 0.141. The van der Waals surface area contributed by atoms with Gasteiger partial charge < -0.3 is 14.9 Å². The highest BCUT2D eigenvalue weighted by Crippen LogP contribution is 2.37. The van der Waals surface area contributed by atoms with Crippen LogP contribution in [0.15, 0.2) is 60.9 Å². The van der Waals surface area contributed by atoms with Crippen molar-refractivity contribution >= 4 is 33.8 Å². The van der Waals surface area contributed by atoms with Gasteiger partial charge in [0.15, 0.2) is 5.13 Å². The van der Waals surface area contributed by atoms with Gasteiger partial charge in [0.05, 0.1) is 11.8 Å². The molecule has 10 heteroatoms. The fourth-order valence-electron chi connectivity index (χ4n) is 4.65. The predicted octanol–water partition coefficient (Wildman–Crippen LogP) is 5.04. The average molecular weight is 526 g/mol. The van der Waals surface area contributed by atoms with Crippen molar-refractivity contribution < 1.29 is 9.50 Å². The Hall–Kier alpha value is -4.33. The lowest BCUT2D eigenvalue weighted by Gasteiger charge is -2.36. The summed E-state index contributed by atoms with van der Waals surface area (Å²) in [5, 5.41) is 20.0. The Morgan fingerprint density at radius 3 is 2.47 bits per heavy atom. The molecule has 0 saturated carbocycles. The molecule has 190 valence electrons. The van der Waals surface area contributed by atoms with Crippen molar-refractivity contribution in [3.63, 3.8) is 0 Å². The summed E-state index contributed by atoms with van der Waals surface area (Å²) in [6.45, 7) is 3.27. The molecule has 38 heavy (non-hydrogen) atoms. The van der Waals surface area contributed by atoms with Crippen molar-refractivity contribution in [2.75, 3.05) is 29.9 Å². The number of thiazole rings is 1. The van der Waals surface area contributed by atoms with Gasteiger partial charge in [-0.25, -0.2) is 19.3 Å². The molecule has 0 spiro atoms. The lowest BCUT2D eigenvalue weighted by Crippen LogP contribution is -2.51. The van der Waals surface area contributed by atoms with Crippen LogP contribution in [0.2, 0.25) is 0 Å². The van der Waals surface area contributed by atoms with Crippen molar-refractivity contribution in [1.82, 2.24) is 19.4 Å². The smallest absolute Gasteiger partial charge is 0.192 e. The number of benzene rings is 1. The molecule has 1 aromatic carbocycles. The van der Waals surface area contributed by atoms with E-state index in [0.717, 1.165) is 40.5 Å². The molecule has 5 heterocycles. The number of hydrogen-bond donors (Lipinski definition) is 1. The number of aliphatic hydroxyl groups excluding tert-OH is 1. The van der Waals surface area contributed by atoms with Crippen LogP contribution >= 0.6 is 11.3 Å². The first-order valence-electron chi connectivity index (χ1n) is 12.3. The third-order valence-corrected chi connectivity index (χ3v) is 7.74. The number of β-amino-alcohol motifs (C(OH)–C–C–N with tert-alkyl or cyclic N) is 1. The Morgan fingerprint density at radius 1 is 1.08 bits per heavy atom. The maximum absolute atomic E-state index is 13.5. The third-order valence-electron chi connectivity index (χ3n) is 6.70. The Balaban J connectivity index is 1.38. The molecule has 0 aliphatic carbocycles. The topological polar surface area (TPSA) is 93.6 Å². The molecule has 1 aliphatic heterocycles. The van der Waals surface area contributed by atoms with E-state index in [4.69, 9.17) is 9.97 Å². The van der Waals surface area contributed by atoms with Crippen molar-refractivity contribution in [1.29, 1.82) is 5.26 Å². The van der Waals surface area contributed by atoms with Crippen LogP contribution in [-0.2, 0) is 6.42 Å². The van der Waals surface area contributed by atoms with Crippen molar-refractivity contribution in [2.24, 2.45) is 0 Å². The van der Waals surface area contributed by atoms with Gasteiger partial charge in [-0.3, -0.25) is 4.40 Å². The maximum atomic E-state index is 13.5. The van der Waals surface area contributed by atoms with Crippen LogP contribution in [0.25, 0.3) is 28.0 Å². The van der Waals surface area contributed by atoms with Crippen LogP contribution in [0.4, 0.5) is 21.2 Å². The van der Waals surface area contributed by atoms with Crippen molar-refractivity contribution in [3.8, 4) is 28.5 Å². The molecule has 8 nitrogen and oxygen atoms in total. The summed E-state index contributed by atoms with van der Waals surface area (Å²) >= 11 is 1.29. The van der Waals surface area contributed by atoms with E-state index in [0.29, 0.717) is 34.4 Å². The van der Waals surface area contributed by atoms with Crippen LogP contribution in [0.5, 0.6) is 0 Å². The molecule has 0 radical (unpaired) electrons. The highest BCUT2D eigenvalue weighted by Gasteiger charge is 2.25. The minimum atomic E-state index is -0.335. The quantitative estimate of drug-likeness (QED) is 0.332. The maximum Gasteiger partial charge on any atom is 0.192 e. The first-order valence-corrected chi connectivity index (χ1v) is 13.1.